The third-order valence-electron chi connectivity index (χ3n) is 4.20. The monoisotopic (exact) mass is 339 g/mol. The van der Waals surface area contributed by atoms with Gasteiger partial charge < -0.3 is 10.0 Å². The molecule has 0 spiro atoms. The van der Waals surface area contributed by atoms with Crippen molar-refractivity contribution in [3.8, 4) is 0 Å². The van der Waals surface area contributed by atoms with Crippen LogP contribution in [0, 0.1) is 5.41 Å². The Bertz CT molecular complexity index is 728. The summed E-state index contributed by atoms with van der Waals surface area (Å²) in [6.45, 7) is 3.76. The number of likely N-dealkylation sites (tertiary alicyclic amines) is 1. The number of amides is 1. The number of carbonyl (C=O) groups excluding carboxylic acids is 1. The molecular formula is C16H21NO5S. The summed E-state index contributed by atoms with van der Waals surface area (Å²) >= 11 is 0. The van der Waals surface area contributed by atoms with Crippen LogP contribution in [0.4, 0.5) is 0 Å². The molecule has 6 nitrogen and oxygen atoms in total. The van der Waals surface area contributed by atoms with Gasteiger partial charge in [-0.05, 0) is 31.9 Å². The molecule has 0 saturated carbocycles. The number of carboxylic acids is 1. The van der Waals surface area contributed by atoms with Crippen LogP contribution >= 0.6 is 0 Å². The second-order valence-electron chi connectivity index (χ2n) is 6.16. The normalized spacial score (nSPS) is 21.4. The fraction of sp³-hybridized carbons (Fsp3) is 0.500. The average molecular weight is 339 g/mol. The van der Waals surface area contributed by atoms with Gasteiger partial charge in [0.25, 0.3) is 5.91 Å². The van der Waals surface area contributed by atoms with Gasteiger partial charge in [0.1, 0.15) is 0 Å². The first kappa shape index (κ1) is 17.5. The van der Waals surface area contributed by atoms with Crippen LogP contribution in [-0.4, -0.2) is 49.1 Å². The molecule has 1 heterocycles. The Hall–Kier alpha value is -1.89. The maximum absolute atomic E-state index is 12.7. The zero-order valence-corrected chi connectivity index (χ0v) is 14.1. The molecule has 1 fully saturated rings. The van der Waals surface area contributed by atoms with Gasteiger partial charge in [0.2, 0.25) is 0 Å². The lowest BCUT2D eigenvalue weighted by atomic mass is 9.90. The third kappa shape index (κ3) is 3.39. The van der Waals surface area contributed by atoms with Crippen molar-refractivity contribution in [3.63, 3.8) is 0 Å². The van der Waals surface area contributed by atoms with E-state index in [1.165, 1.54) is 17.0 Å². The molecule has 1 aliphatic heterocycles. The molecule has 126 valence electrons. The Balaban J connectivity index is 2.34. The molecule has 2 rings (SSSR count). The second kappa shape index (κ2) is 6.31. The van der Waals surface area contributed by atoms with E-state index in [9.17, 15) is 23.1 Å². The van der Waals surface area contributed by atoms with Gasteiger partial charge in [-0.3, -0.25) is 9.59 Å². The molecule has 1 aromatic rings. The van der Waals surface area contributed by atoms with Crippen molar-refractivity contribution in [2.24, 2.45) is 5.41 Å². The molecule has 1 amide bonds. The number of carboxylic acid groups (broad SMARTS) is 1. The van der Waals surface area contributed by atoms with Crippen LogP contribution in [0.3, 0.4) is 0 Å². The van der Waals surface area contributed by atoms with E-state index < -0.39 is 27.1 Å². The van der Waals surface area contributed by atoms with Gasteiger partial charge in [-0.2, -0.15) is 0 Å². The highest BCUT2D eigenvalue weighted by Crippen LogP contribution is 2.32. The van der Waals surface area contributed by atoms with Gasteiger partial charge in [0.15, 0.2) is 9.84 Å². The summed E-state index contributed by atoms with van der Waals surface area (Å²) in [7, 11) is -3.52. The van der Waals surface area contributed by atoms with Crippen molar-refractivity contribution in [1.29, 1.82) is 0 Å². The maximum atomic E-state index is 12.7. The van der Waals surface area contributed by atoms with Crippen LogP contribution in [0.25, 0.3) is 0 Å². The van der Waals surface area contributed by atoms with E-state index in [0.29, 0.717) is 19.4 Å². The minimum Gasteiger partial charge on any atom is -0.481 e. The number of carbonyl (C=O) groups is 2. The van der Waals surface area contributed by atoms with E-state index in [0.717, 1.165) is 0 Å². The number of sulfone groups is 1. The molecule has 0 aliphatic carbocycles. The van der Waals surface area contributed by atoms with Crippen molar-refractivity contribution in [3.05, 3.63) is 29.8 Å². The number of nitrogens with zero attached hydrogens (tertiary/aromatic N) is 1. The maximum Gasteiger partial charge on any atom is 0.311 e. The fourth-order valence-corrected chi connectivity index (χ4v) is 4.31. The quantitative estimate of drug-likeness (QED) is 0.883. The number of benzene rings is 1. The van der Waals surface area contributed by atoms with E-state index in [-0.39, 0.29) is 22.8 Å². The summed E-state index contributed by atoms with van der Waals surface area (Å²) in [6.07, 6.45) is 0.823. The van der Waals surface area contributed by atoms with Gasteiger partial charge >= 0.3 is 5.97 Å². The first-order chi connectivity index (χ1) is 10.7. The second-order valence-corrected chi connectivity index (χ2v) is 8.24. The van der Waals surface area contributed by atoms with E-state index in [2.05, 4.69) is 0 Å². The van der Waals surface area contributed by atoms with Crippen LogP contribution in [0.1, 0.15) is 37.0 Å². The number of aliphatic carboxylic acids is 1. The first-order valence-electron chi connectivity index (χ1n) is 7.56. The zero-order chi connectivity index (χ0) is 17.3. The molecular weight excluding hydrogens is 318 g/mol. The summed E-state index contributed by atoms with van der Waals surface area (Å²) in [5.41, 5.74) is -0.858. The first-order valence-corrected chi connectivity index (χ1v) is 9.21. The third-order valence-corrected chi connectivity index (χ3v) is 6.17. The van der Waals surface area contributed by atoms with Gasteiger partial charge in [-0.1, -0.05) is 19.1 Å². The highest BCUT2D eigenvalue weighted by Gasteiger charge is 2.42. The molecule has 0 radical (unpaired) electrons. The Kier molecular flexibility index (Phi) is 4.79. The summed E-state index contributed by atoms with van der Waals surface area (Å²) < 4.78 is 24.7. The van der Waals surface area contributed by atoms with Crippen LogP contribution in [0.5, 0.6) is 0 Å². The lowest BCUT2D eigenvalue weighted by Crippen LogP contribution is -2.35. The van der Waals surface area contributed by atoms with Gasteiger partial charge in [0, 0.05) is 13.1 Å². The fourth-order valence-electron chi connectivity index (χ4n) is 2.77. The van der Waals surface area contributed by atoms with Crippen LogP contribution in [0.2, 0.25) is 0 Å². The summed E-state index contributed by atoms with van der Waals surface area (Å²) in [6, 6.07) is 6.13. The Morgan fingerprint density at radius 2 is 1.96 bits per heavy atom. The van der Waals surface area contributed by atoms with Crippen molar-refractivity contribution >= 4 is 21.7 Å². The predicted octanol–water partition coefficient (Wildman–Crippen LogP) is 1.81. The standard InChI is InChI=1S/C16H21NO5S/c1-3-10-23(21,22)13-7-5-4-6-12(13)14(18)17-9-8-16(2,11-17)15(19)20/h4-7H,3,8-11H2,1-2H3,(H,19,20)/t16-/m1/s1. The van der Waals surface area contributed by atoms with E-state index in [4.69, 9.17) is 0 Å². The van der Waals surface area contributed by atoms with Gasteiger partial charge in [-0.25, -0.2) is 8.42 Å². The SMILES string of the molecule is CCCS(=O)(=O)c1ccccc1C(=O)N1CC[C@@](C)(C(=O)O)C1. The topological polar surface area (TPSA) is 91.8 Å². The number of hydrogen-bond acceptors (Lipinski definition) is 4. The van der Waals surface area contributed by atoms with E-state index in [1.807, 2.05) is 0 Å². The Labute approximate surface area is 136 Å². The molecule has 1 aliphatic rings. The summed E-state index contributed by atoms with van der Waals surface area (Å²) in [4.78, 5) is 25.5. The molecule has 23 heavy (non-hydrogen) atoms. The van der Waals surface area contributed by atoms with Crippen molar-refractivity contribution in [2.45, 2.75) is 31.6 Å². The Morgan fingerprint density at radius 3 is 2.52 bits per heavy atom. The van der Waals surface area contributed by atoms with Crippen molar-refractivity contribution in [2.75, 3.05) is 18.8 Å². The summed E-state index contributed by atoms with van der Waals surface area (Å²) in [5, 5.41) is 9.26. The largest absolute Gasteiger partial charge is 0.481 e. The van der Waals surface area contributed by atoms with Gasteiger partial charge in [-0.15, -0.1) is 0 Å². The molecule has 1 saturated heterocycles. The molecule has 7 heteroatoms. The molecule has 1 N–H and O–H groups in total. The van der Waals surface area contributed by atoms with Crippen LogP contribution in [-0.2, 0) is 14.6 Å². The molecule has 1 aromatic carbocycles. The van der Waals surface area contributed by atoms with Crippen LogP contribution < -0.4 is 0 Å². The molecule has 0 aromatic heterocycles. The predicted molar refractivity (Wildman–Crippen MR) is 85.0 cm³/mol. The lowest BCUT2D eigenvalue weighted by Gasteiger charge is -2.21. The van der Waals surface area contributed by atoms with Gasteiger partial charge in [0.05, 0.1) is 21.6 Å². The number of hydrogen-bond donors (Lipinski definition) is 1. The van der Waals surface area contributed by atoms with E-state index in [1.54, 1.807) is 26.0 Å². The highest BCUT2D eigenvalue weighted by atomic mass is 32.2. The molecule has 0 unspecified atom stereocenters. The molecule has 1 atom stereocenters. The zero-order valence-electron chi connectivity index (χ0n) is 13.3. The van der Waals surface area contributed by atoms with Crippen LogP contribution in [0.15, 0.2) is 29.2 Å². The number of rotatable bonds is 5. The Morgan fingerprint density at radius 1 is 1.30 bits per heavy atom. The van der Waals surface area contributed by atoms with Crippen molar-refractivity contribution in [1.82, 2.24) is 4.90 Å². The smallest absolute Gasteiger partial charge is 0.311 e. The highest BCUT2D eigenvalue weighted by molar-refractivity contribution is 7.91. The lowest BCUT2D eigenvalue weighted by molar-refractivity contribution is -0.147. The summed E-state index contributed by atoms with van der Waals surface area (Å²) in [5.74, 6) is -1.39. The van der Waals surface area contributed by atoms with Crippen molar-refractivity contribution < 1.29 is 23.1 Å². The molecule has 0 bridgehead atoms. The minimum atomic E-state index is -3.52. The minimum absolute atomic E-state index is 0.0237. The average Bonchev–Trinajstić information content (AvgIpc) is 2.90. The van der Waals surface area contributed by atoms with E-state index >= 15 is 0 Å².